The first-order valence-corrected chi connectivity index (χ1v) is 5.93. The SMILES string of the molecule is CCN(CCCCO)C1=CCCCC1. The van der Waals surface area contributed by atoms with Gasteiger partial charge < -0.3 is 10.0 Å². The summed E-state index contributed by atoms with van der Waals surface area (Å²) in [6.07, 6.45) is 9.66. The molecule has 0 aliphatic heterocycles. The lowest BCUT2D eigenvalue weighted by Gasteiger charge is -2.28. The van der Waals surface area contributed by atoms with E-state index in [2.05, 4.69) is 17.9 Å². The molecule has 0 aromatic heterocycles. The van der Waals surface area contributed by atoms with E-state index >= 15 is 0 Å². The molecule has 0 saturated carbocycles. The van der Waals surface area contributed by atoms with Gasteiger partial charge in [-0.1, -0.05) is 6.08 Å². The van der Waals surface area contributed by atoms with Gasteiger partial charge in [0.25, 0.3) is 0 Å². The van der Waals surface area contributed by atoms with Crippen LogP contribution in [0.2, 0.25) is 0 Å². The summed E-state index contributed by atoms with van der Waals surface area (Å²) in [5, 5.41) is 8.73. The maximum absolute atomic E-state index is 8.73. The monoisotopic (exact) mass is 197 g/mol. The number of unbranched alkanes of at least 4 members (excludes halogenated alkanes) is 1. The van der Waals surface area contributed by atoms with E-state index in [4.69, 9.17) is 5.11 Å². The smallest absolute Gasteiger partial charge is 0.0431 e. The number of nitrogens with zero attached hydrogens (tertiary/aromatic N) is 1. The van der Waals surface area contributed by atoms with E-state index < -0.39 is 0 Å². The van der Waals surface area contributed by atoms with Crippen LogP contribution in [-0.2, 0) is 0 Å². The summed E-state index contributed by atoms with van der Waals surface area (Å²) in [5.74, 6) is 0. The molecule has 1 N–H and O–H groups in total. The van der Waals surface area contributed by atoms with Crippen molar-refractivity contribution in [2.75, 3.05) is 19.7 Å². The second kappa shape index (κ2) is 6.88. The first-order chi connectivity index (χ1) is 6.88. The average molecular weight is 197 g/mol. The first kappa shape index (κ1) is 11.6. The van der Waals surface area contributed by atoms with Crippen LogP contribution >= 0.6 is 0 Å². The van der Waals surface area contributed by atoms with Gasteiger partial charge in [0.2, 0.25) is 0 Å². The molecule has 0 atom stereocenters. The zero-order valence-corrected chi connectivity index (χ0v) is 9.34. The van der Waals surface area contributed by atoms with Crippen molar-refractivity contribution >= 4 is 0 Å². The van der Waals surface area contributed by atoms with Gasteiger partial charge in [0.05, 0.1) is 0 Å². The zero-order valence-electron chi connectivity index (χ0n) is 9.34. The Morgan fingerprint density at radius 1 is 1.36 bits per heavy atom. The van der Waals surface area contributed by atoms with E-state index in [-0.39, 0.29) is 0 Å². The fourth-order valence-corrected chi connectivity index (χ4v) is 2.03. The third-order valence-electron chi connectivity index (χ3n) is 2.89. The van der Waals surface area contributed by atoms with E-state index in [0.717, 1.165) is 25.9 Å². The molecule has 14 heavy (non-hydrogen) atoms. The Morgan fingerprint density at radius 2 is 2.21 bits per heavy atom. The number of allylic oxidation sites excluding steroid dienone is 2. The normalized spacial score (nSPS) is 16.6. The van der Waals surface area contributed by atoms with E-state index in [0.29, 0.717) is 6.61 Å². The van der Waals surface area contributed by atoms with Crippen LogP contribution in [0.5, 0.6) is 0 Å². The zero-order chi connectivity index (χ0) is 10.2. The van der Waals surface area contributed by atoms with Gasteiger partial charge in [0, 0.05) is 25.4 Å². The fraction of sp³-hybridized carbons (Fsp3) is 0.833. The Hall–Kier alpha value is -0.500. The molecule has 2 heteroatoms. The van der Waals surface area contributed by atoms with Crippen molar-refractivity contribution in [2.45, 2.75) is 45.4 Å². The predicted molar refractivity (Wildman–Crippen MR) is 60.1 cm³/mol. The van der Waals surface area contributed by atoms with E-state index in [1.807, 2.05) is 0 Å². The Morgan fingerprint density at radius 3 is 2.79 bits per heavy atom. The van der Waals surface area contributed by atoms with Crippen LogP contribution in [0.1, 0.15) is 45.4 Å². The second-order valence-electron chi connectivity index (χ2n) is 3.95. The van der Waals surface area contributed by atoms with Gasteiger partial charge in [-0.3, -0.25) is 0 Å². The molecule has 0 unspecified atom stereocenters. The van der Waals surface area contributed by atoms with Crippen LogP contribution in [0.4, 0.5) is 0 Å². The predicted octanol–water partition coefficient (Wildman–Crippen LogP) is 2.54. The van der Waals surface area contributed by atoms with Crippen molar-refractivity contribution in [3.63, 3.8) is 0 Å². The molecule has 0 radical (unpaired) electrons. The van der Waals surface area contributed by atoms with Crippen molar-refractivity contribution in [1.82, 2.24) is 4.90 Å². The highest BCUT2D eigenvalue weighted by molar-refractivity contribution is 5.03. The van der Waals surface area contributed by atoms with Crippen molar-refractivity contribution in [3.8, 4) is 0 Å². The van der Waals surface area contributed by atoms with Gasteiger partial charge in [0.15, 0.2) is 0 Å². The van der Waals surface area contributed by atoms with Crippen LogP contribution in [0.15, 0.2) is 11.8 Å². The first-order valence-electron chi connectivity index (χ1n) is 5.93. The highest BCUT2D eigenvalue weighted by Crippen LogP contribution is 2.20. The molecule has 0 spiro atoms. The van der Waals surface area contributed by atoms with Crippen molar-refractivity contribution in [3.05, 3.63) is 11.8 Å². The molecule has 1 rings (SSSR count). The number of hydrogen-bond donors (Lipinski definition) is 1. The minimum absolute atomic E-state index is 0.330. The third-order valence-corrected chi connectivity index (χ3v) is 2.89. The molecule has 1 aliphatic carbocycles. The fourth-order valence-electron chi connectivity index (χ4n) is 2.03. The van der Waals surface area contributed by atoms with Crippen LogP contribution in [0.3, 0.4) is 0 Å². The topological polar surface area (TPSA) is 23.5 Å². The van der Waals surface area contributed by atoms with Gasteiger partial charge in [0.1, 0.15) is 0 Å². The number of aliphatic hydroxyl groups is 1. The Balaban J connectivity index is 2.32. The molecule has 0 heterocycles. The second-order valence-corrected chi connectivity index (χ2v) is 3.95. The van der Waals surface area contributed by atoms with Gasteiger partial charge in [-0.05, 0) is 45.4 Å². The summed E-state index contributed by atoms with van der Waals surface area (Å²) >= 11 is 0. The maximum Gasteiger partial charge on any atom is 0.0431 e. The molecular formula is C12H23NO. The minimum Gasteiger partial charge on any atom is -0.396 e. The summed E-state index contributed by atoms with van der Waals surface area (Å²) in [6, 6.07) is 0. The summed E-state index contributed by atoms with van der Waals surface area (Å²) < 4.78 is 0. The van der Waals surface area contributed by atoms with Gasteiger partial charge in [-0.2, -0.15) is 0 Å². The quantitative estimate of drug-likeness (QED) is 0.661. The largest absolute Gasteiger partial charge is 0.396 e. The number of rotatable bonds is 6. The van der Waals surface area contributed by atoms with Crippen LogP contribution in [-0.4, -0.2) is 29.7 Å². The third kappa shape index (κ3) is 3.70. The lowest BCUT2D eigenvalue weighted by Crippen LogP contribution is -2.25. The molecule has 0 saturated heterocycles. The summed E-state index contributed by atoms with van der Waals surface area (Å²) in [5.41, 5.74) is 1.54. The van der Waals surface area contributed by atoms with Gasteiger partial charge in [-0.25, -0.2) is 0 Å². The lowest BCUT2D eigenvalue weighted by molar-refractivity contribution is 0.265. The maximum atomic E-state index is 8.73. The Bertz CT molecular complexity index is 177. The van der Waals surface area contributed by atoms with Gasteiger partial charge in [-0.15, -0.1) is 0 Å². The molecule has 82 valence electrons. The van der Waals surface area contributed by atoms with Crippen molar-refractivity contribution in [2.24, 2.45) is 0 Å². The van der Waals surface area contributed by atoms with Crippen molar-refractivity contribution in [1.29, 1.82) is 0 Å². The minimum atomic E-state index is 0.330. The summed E-state index contributed by atoms with van der Waals surface area (Å²) in [6.45, 7) is 4.77. The molecule has 0 aromatic carbocycles. The highest BCUT2D eigenvalue weighted by atomic mass is 16.2. The standard InChI is InChI=1S/C12H23NO/c1-2-13(10-6-7-11-14)12-8-4-3-5-9-12/h8,14H,2-7,9-11H2,1H3. The summed E-state index contributed by atoms with van der Waals surface area (Å²) in [4.78, 5) is 2.47. The Kier molecular flexibility index (Phi) is 5.69. The van der Waals surface area contributed by atoms with Crippen LogP contribution < -0.4 is 0 Å². The molecule has 1 aliphatic rings. The number of hydrogen-bond acceptors (Lipinski definition) is 2. The van der Waals surface area contributed by atoms with E-state index in [1.165, 1.54) is 31.4 Å². The van der Waals surface area contributed by atoms with Crippen LogP contribution in [0, 0.1) is 0 Å². The number of aliphatic hydroxyl groups excluding tert-OH is 1. The highest BCUT2D eigenvalue weighted by Gasteiger charge is 2.09. The molecule has 0 aromatic rings. The Labute approximate surface area is 87.6 Å². The molecular weight excluding hydrogens is 174 g/mol. The average Bonchev–Trinajstić information content (AvgIpc) is 2.26. The summed E-state index contributed by atoms with van der Waals surface area (Å²) in [7, 11) is 0. The molecule has 0 bridgehead atoms. The van der Waals surface area contributed by atoms with E-state index in [9.17, 15) is 0 Å². The lowest BCUT2D eigenvalue weighted by atomic mass is 10.0. The molecule has 0 amide bonds. The van der Waals surface area contributed by atoms with E-state index in [1.54, 1.807) is 0 Å². The van der Waals surface area contributed by atoms with Crippen LogP contribution in [0.25, 0.3) is 0 Å². The van der Waals surface area contributed by atoms with Crippen molar-refractivity contribution < 1.29 is 5.11 Å². The molecule has 2 nitrogen and oxygen atoms in total. The molecule has 0 fully saturated rings. The van der Waals surface area contributed by atoms with Gasteiger partial charge >= 0.3 is 0 Å².